The third kappa shape index (κ3) is 5.04. The van der Waals surface area contributed by atoms with E-state index in [2.05, 4.69) is 4.98 Å². The van der Waals surface area contributed by atoms with Gasteiger partial charge in [-0.2, -0.15) is 0 Å². The van der Waals surface area contributed by atoms with Crippen molar-refractivity contribution < 1.29 is 18.8 Å². The zero-order valence-electron chi connectivity index (χ0n) is 15.8. The minimum Gasteiger partial charge on any atom is -0.382 e. The first-order valence-corrected chi connectivity index (χ1v) is 11.1. The first-order chi connectivity index (χ1) is 12.1. The highest BCUT2D eigenvalue weighted by molar-refractivity contribution is 7.65. The molecule has 4 atom stereocenters. The fourth-order valence-corrected chi connectivity index (χ4v) is 3.41. The molecule has 0 saturated carbocycles. The molecule has 8 nitrogen and oxygen atoms in total. The van der Waals surface area contributed by atoms with Gasteiger partial charge in [-0.1, -0.05) is 13.0 Å². The minimum atomic E-state index is -2.34. The number of nitrogens with zero attached hydrogens (tertiary/aromatic N) is 1. The van der Waals surface area contributed by atoms with E-state index < -0.39 is 30.7 Å². The van der Waals surface area contributed by atoms with E-state index in [0.29, 0.717) is 18.8 Å². The number of aromatic nitrogens is 2. The summed E-state index contributed by atoms with van der Waals surface area (Å²) in [5.41, 5.74) is -0.579. The van der Waals surface area contributed by atoms with E-state index in [4.69, 9.17) is 14.2 Å². The SMILES string of the molecule is COCCO[C@@H]1[C@H](C)[C@@H](/C=C/P(C)(C)=O)O[C@H]1n1cc(C)c(=O)[nH]c1=O. The van der Waals surface area contributed by atoms with Gasteiger partial charge in [0, 0.05) is 24.8 Å². The van der Waals surface area contributed by atoms with Gasteiger partial charge in [-0.25, -0.2) is 4.79 Å². The van der Waals surface area contributed by atoms with Crippen molar-refractivity contribution in [2.24, 2.45) is 5.92 Å². The molecule has 1 aliphatic rings. The smallest absolute Gasteiger partial charge is 0.330 e. The zero-order valence-corrected chi connectivity index (χ0v) is 16.7. The number of aromatic amines is 1. The molecule has 1 aromatic heterocycles. The van der Waals surface area contributed by atoms with E-state index in [1.165, 1.54) is 10.8 Å². The molecule has 1 N–H and O–H groups in total. The molecule has 0 radical (unpaired) electrons. The van der Waals surface area contributed by atoms with E-state index in [1.54, 1.807) is 39.3 Å². The van der Waals surface area contributed by atoms with E-state index in [1.807, 2.05) is 6.92 Å². The van der Waals surface area contributed by atoms with Gasteiger partial charge in [-0.15, -0.1) is 0 Å². The summed E-state index contributed by atoms with van der Waals surface area (Å²) in [6.07, 6.45) is 1.76. The highest BCUT2D eigenvalue weighted by atomic mass is 31.2. The topological polar surface area (TPSA) is 99.6 Å². The van der Waals surface area contributed by atoms with E-state index in [9.17, 15) is 14.2 Å². The summed E-state index contributed by atoms with van der Waals surface area (Å²) in [5.74, 6) is 1.57. The van der Waals surface area contributed by atoms with Crippen LogP contribution in [0.15, 0.2) is 27.7 Å². The number of hydrogen-bond acceptors (Lipinski definition) is 6. The summed E-state index contributed by atoms with van der Waals surface area (Å²) in [7, 11) is -0.763. The van der Waals surface area contributed by atoms with E-state index in [-0.39, 0.29) is 12.0 Å². The Morgan fingerprint density at radius 2 is 2.04 bits per heavy atom. The molecule has 1 saturated heterocycles. The highest BCUT2D eigenvalue weighted by Crippen LogP contribution is 2.41. The Morgan fingerprint density at radius 1 is 1.35 bits per heavy atom. The molecule has 2 rings (SSSR count). The van der Waals surface area contributed by atoms with E-state index >= 15 is 0 Å². The normalized spacial score (nSPS) is 26.7. The molecule has 2 heterocycles. The molecule has 0 spiro atoms. The van der Waals surface area contributed by atoms with Crippen LogP contribution in [0, 0.1) is 12.8 Å². The van der Waals surface area contributed by atoms with Crippen molar-refractivity contribution in [1.82, 2.24) is 9.55 Å². The monoisotopic (exact) mass is 386 g/mol. The second-order valence-electron chi connectivity index (χ2n) is 6.93. The summed E-state index contributed by atoms with van der Waals surface area (Å²) in [4.78, 5) is 26.2. The van der Waals surface area contributed by atoms with Gasteiger partial charge in [0.1, 0.15) is 13.2 Å². The number of methoxy groups -OCH3 is 1. The van der Waals surface area contributed by atoms with Gasteiger partial charge in [-0.3, -0.25) is 14.3 Å². The Balaban J connectivity index is 2.36. The first-order valence-electron chi connectivity index (χ1n) is 8.46. The van der Waals surface area contributed by atoms with Gasteiger partial charge in [-0.05, 0) is 26.1 Å². The molecule has 1 aromatic rings. The Hall–Kier alpha value is -1.47. The molecule has 0 bridgehead atoms. The maximum atomic E-state index is 12.3. The average Bonchev–Trinajstić information content (AvgIpc) is 2.85. The van der Waals surface area contributed by atoms with Crippen molar-refractivity contribution in [3.05, 3.63) is 44.5 Å². The largest absolute Gasteiger partial charge is 0.382 e. The Morgan fingerprint density at radius 3 is 2.65 bits per heavy atom. The lowest BCUT2D eigenvalue weighted by atomic mass is 10.0. The first kappa shape index (κ1) is 20.8. The Labute approximate surface area is 152 Å². The van der Waals surface area contributed by atoms with Crippen LogP contribution in [0.4, 0.5) is 0 Å². The van der Waals surface area contributed by atoms with Crippen molar-refractivity contribution >= 4 is 7.14 Å². The Bertz CT molecular complexity index is 808. The maximum Gasteiger partial charge on any atom is 0.330 e. The Kier molecular flexibility index (Phi) is 6.80. The number of aryl methyl sites for hydroxylation is 1. The van der Waals surface area contributed by atoms with Gasteiger partial charge in [0.15, 0.2) is 6.23 Å². The minimum absolute atomic E-state index is 0.0845. The standard InChI is InChI=1S/C17H27N2O6P/c1-11-10-19(17(21)18-15(11)20)16-14(24-8-7-23-3)12(2)13(25-16)6-9-26(4,5)22/h6,9-10,12-14,16H,7-8H2,1-5H3,(H,18,20,21)/b9-6+/t12-,13-,14-,16-/m1/s1. The van der Waals surface area contributed by atoms with Crippen molar-refractivity contribution in [3.63, 3.8) is 0 Å². The second kappa shape index (κ2) is 8.48. The highest BCUT2D eigenvalue weighted by Gasteiger charge is 2.43. The summed E-state index contributed by atoms with van der Waals surface area (Å²) in [6.45, 7) is 7.67. The number of ether oxygens (including phenoxy) is 3. The summed E-state index contributed by atoms with van der Waals surface area (Å²) in [6, 6.07) is 0. The van der Waals surface area contributed by atoms with Crippen LogP contribution >= 0.6 is 7.14 Å². The number of nitrogens with one attached hydrogen (secondary N) is 1. The molecule has 1 aliphatic heterocycles. The molecule has 146 valence electrons. The van der Waals surface area contributed by atoms with Crippen molar-refractivity contribution in [1.29, 1.82) is 0 Å². The number of H-pyrrole nitrogens is 1. The van der Waals surface area contributed by atoms with Crippen LogP contribution < -0.4 is 11.2 Å². The lowest BCUT2D eigenvalue weighted by Crippen LogP contribution is -2.38. The average molecular weight is 386 g/mol. The van der Waals surface area contributed by atoms with Gasteiger partial charge < -0.3 is 18.8 Å². The predicted octanol–water partition coefficient (Wildman–Crippen LogP) is 1.55. The van der Waals surface area contributed by atoms with Crippen LogP contribution in [0.25, 0.3) is 0 Å². The van der Waals surface area contributed by atoms with E-state index in [0.717, 1.165) is 0 Å². The molecule has 9 heteroatoms. The molecule has 1 fully saturated rings. The molecule has 26 heavy (non-hydrogen) atoms. The van der Waals surface area contributed by atoms with Gasteiger partial charge in [0.05, 0.1) is 19.3 Å². The third-order valence-electron chi connectivity index (χ3n) is 4.27. The number of hydrogen-bond donors (Lipinski definition) is 1. The van der Waals surface area contributed by atoms with Crippen LogP contribution in [-0.4, -0.2) is 55.4 Å². The molecular weight excluding hydrogens is 359 g/mol. The maximum absolute atomic E-state index is 12.3. The number of rotatable bonds is 7. The van der Waals surface area contributed by atoms with Crippen molar-refractivity contribution in [2.75, 3.05) is 33.7 Å². The van der Waals surface area contributed by atoms with Gasteiger partial charge in [0.25, 0.3) is 5.56 Å². The van der Waals surface area contributed by atoms with Gasteiger partial charge >= 0.3 is 5.69 Å². The predicted molar refractivity (Wildman–Crippen MR) is 99.3 cm³/mol. The fraction of sp³-hybridized carbons (Fsp3) is 0.647. The van der Waals surface area contributed by atoms with Gasteiger partial charge in [0.2, 0.25) is 0 Å². The van der Waals surface area contributed by atoms with Crippen LogP contribution in [-0.2, 0) is 18.8 Å². The van der Waals surface area contributed by atoms with Crippen molar-refractivity contribution in [2.45, 2.75) is 32.3 Å². The summed E-state index contributed by atoms with van der Waals surface area (Å²) in [5, 5.41) is 0. The summed E-state index contributed by atoms with van der Waals surface area (Å²) >= 11 is 0. The van der Waals surface area contributed by atoms with Crippen LogP contribution in [0.1, 0.15) is 18.7 Å². The zero-order chi connectivity index (χ0) is 19.5. The lowest BCUT2D eigenvalue weighted by molar-refractivity contribution is -0.0700. The molecule has 0 aliphatic carbocycles. The quantitative estimate of drug-likeness (QED) is 0.564. The fourth-order valence-electron chi connectivity index (χ4n) is 2.82. The third-order valence-corrected chi connectivity index (χ3v) is 5.16. The second-order valence-corrected chi connectivity index (χ2v) is 10.1. The van der Waals surface area contributed by atoms with Crippen LogP contribution in [0.5, 0.6) is 0 Å². The molecule has 0 aromatic carbocycles. The lowest BCUT2D eigenvalue weighted by Gasteiger charge is -2.23. The van der Waals surface area contributed by atoms with Crippen LogP contribution in [0.3, 0.4) is 0 Å². The van der Waals surface area contributed by atoms with Crippen molar-refractivity contribution in [3.8, 4) is 0 Å². The molecule has 0 amide bonds. The molecular formula is C17H27N2O6P. The molecule has 0 unspecified atom stereocenters. The van der Waals surface area contributed by atoms with Crippen LogP contribution in [0.2, 0.25) is 0 Å². The summed E-state index contributed by atoms with van der Waals surface area (Å²) < 4.78 is 30.3.